The van der Waals surface area contributed by atoms with Gasteiger partial charge in [0.1, 0.15) is 5.75 Å². The molecule has 1 heterocycles. The van der Waals surface area contributed by atoms with Crippen molar-refractivity contribution in [3.8, 4) is 5.75 Å². The standard InChI is InChI=1S/C15H24N2O/c1-3-14-12-16(2)9-6-10-17(14)11-13-7-4-5-8-15(13)18/h4-5,7-8,14,18H,3,6,9-12H2,1-2H3. The van der Waals surface area contributed by atoms with Crippen LogP contribution >= 0.6 is 0 Å². The van der Waals surface area contributed by atoms with Gasteiger partial charge in [0, 0.05) is 31.2 Å². The summed E-state index contributed by atoms with van der Waals surface area (Å²) < 4.78 is 0. The van der Waals surface area contributed by atoms with Gasteiger partial charge in [-0.15, -0.1) is 0 Å². The van der Waals surface area contributed by atoms with Gasteiger partial charge in [-0.3, -0.25) is 4.90 Å². The van der Waals surface area contributed by atoms with E-state index in [1.165, 1.54) is 13.0 Å². The van der Waals surface area contributed by atoms with Crippen molar-refractivity contribution in [3.63, 3.8) is 0 Å². The molecule has 0 radical (unpaired) electrons. The first-order valence-electron chi connectivity index (χ1n) is 6.90. The Morgan fingerprint density at radius 3 is 2.78 bits per heavy atom. The molecule has 3 nitrogen and oxygen atoms in total. The summed E-state index contributed by atoms with van der Waals surface area (Å²) in [5, 5.41) is 9.89. The number of aromatic hydroxyl groups is 1. The highest BCUT2D eigenvalue weighted by atomic mass is 16.3. The summed E-state index contributed by atoms with van der Waals surface area (Å²) >= 11 is 0. The Morgan fingerprint density at radius 1 is 1.28 bits per heavy atom. The lowest BCUT2D eigenvalue weighted by molar-refractivity contribution is 0.174. The van der Waals surface area contributed by atoms with Crippen LogP contribution in [0.2, 0.25) is 0 Å². The highest BCUT2D eigenvalue weighted by Gasteiger charge is 2.22. The monoisotopic (exact) mass is 248 g/mol. The second-order valence-electron chi connectivity index (χ2n) is 5.28. The number of likely N-dealkylation sites (N-methyl/N-ethyl adjacent to an activating group) is 1. The molecule has 1 aliphatic heterocycles. The molecular formula is C15H24N2O. The largest absolute Gasteiger partial charge is 0.508 e. The predicted octanol–water partition coefficient (Wildman–Crippen LogP) is 2.31. The van der Waals surface area contributed by atoms with Gasteiger partial charge < -0.3 is 10.0 Å². The third kappa shape index (κ3) is 3.24. The summed E-state index contributed by atoms with van der Waals surface area (Å²) in [5.41, 5.74) is 1.04. The van der Waals surface area contributed by atoms with Crippen LogP contribution in [0.1, 0.15) is 25.3 Å². The molecule has 0 amide bonds. The molecule has 1 atom stereocenters. The molecule has 0 aromatic heterocycles. The Morgan fingerprint density at radius 2 is 2.06 bits per heavy atom. The first kappa shape index (κ1) is 13.4. The van der Waals surface area contributed by atoms with Gasteiger partial charge in [-0.1, -0.05) is 25.1 Å². The van der Waals surface area contributed by atoms with Crippen LogP contribution in [0.3, 0.4) is 0 Å². The number of hydrogen-bond donors (Lipinski definition) is 1. The van der Waals surface area contributed by atoms with Crippen LogP contribution in [-0.2, 0) is 6.54 Å². The number of hydrogen-bond acceptors (Lipinski definition) is 3. The van der Waals surface area contributed by atoms with Crippen molar-refractivity contribution in [1.82, 2.24) is 9.80 Å². The molecule has 0 spiro atoms. The zero-order valence-electron chi connectivity index (χ0n) is 11.5. The van der Waals surface area contributed by atoms with Crippen LogP contribution in [0.15, 0.2) is 24.3 Å². The molecule has 1 fully saturated rings. The Kier molecular flexibility index (Phi) is 4.61. The van der Waals surface area contributed by atoms with Gasteiger partial charge in [0.25, 0.3) is 0 Å². The van der Waals surface area contributed by atoms with Gasteiger partial charge in [0.05, 0.1) is 0 Å². The van der Waals surface area contributed by atoms with Crippen LogP contribution in [0.4, 0.5) is 0 Å². The van der Waals surface area contributed by atoms with Crippen molar-refractivity contribution in [2.45, 2.75) is 32.4 Å². The molecule has 0 aliphatic carbocycles. The summed E-state index contributed by atoms with van der Waals surface area (Å²) in [6, 6.07) is 8.28. The molecule has 1 aromatic rings. The molecule has 1 unspecified atom stereocenters. The second-order valence-corrected chi connectivity index (χ2v) is 5.28. The molecule has 1 N–H and O–H groups in total. The lowest BCUT2D eigenvalue weighted by atomic mass is 10.1. The minimum Gasteiger partial charge on any atom is -0.508 e. The quantitative estimate of drug-likeness (QED) is 0.889. The third-order valence-electron chi connectivity index (χ3n) is 3.86. The van der Waals surface area contributed by atoms with Gasteiger partial charge in [-0.2, -0.15) is 0 Å². The predicted molar refractivity (Wildman–Crippen MR) is 74.7 cm³/mol. The second kappa shape index (κ2) is 6.21. The molecule has 18 heavy (non-hydrogen) atoms. The van der Waals surface area contributed by atoms with Crippen molar-refractivity contribution >= 4 is 0 Å². The third-order valence-corrected chi connectivity index (χ3v) is 3.86. The fourth-order valence-corrected chi connectivity index (χ4v) is 2.75. The van der Waals surface area contributed by atoms with Crippen LogP contribution in [0, 0.1) is 0 Å². The van der Waals surface area contributed by atoms with E-state index < -0.39 is 0 Å². The Balaban J connectivity index is 2.08. The summed E-state index contributed by atoms with van der Waals surface area (Å²) in [6.45, 7) is 6.54. The number of benzene rings is 1. The van der Waals surface area contributed by atoms with E-state index in [0.717, 1.165) is 31.6 Å². The number of phenolic OH excluding ortho intramolecular Hbond substituents is 1. The van der Waals surface area contributed by atoms with E-state index in [9.17, 15) is 5.11 Å². The lowest BCUT2D eigenvalue weighted by Gasteiger charge is -2.30. The lowest BCUT2D eigenvalue weighted by Crippen LogP contribution is -2.39. The fraction of sp³-hybridized carbons (Fsp3) is 0.600. The molecule has 3 heteroatoms. The van der Waals surface area contributed by atoms with E-state index in [2.05, 4.69) is 23.8 Å². The minimum absolute atomic E-state index is 0.421. The first-order valence-corrected chi connectivity index (χ1v) is 6.90. The maximum atomic E-state index is 9.89. The molecule has 0 bridgehead atoms. The van der Waals surface area contributed by atoms with E-state index in [-0.39, 0.29) is 0 Å². The number of nitrogens with zero attached hydrogens (tertiary/aromatic N) is 2. The van der Waals surface area contributed by atoms with E-state index in [1.807, 2.05) is 18.2 Å². The number of phenols is 1. The summed E-state index contributed by atoms with van der Waals surface area (Å²) in [7, 11) is 2.20. The number of para-hydroxylation sites is 1. The highest BCUT2D eigenvalue weighted by molar-refractivity contribution is 5.31. The van der Waals surface area contributed by atoms with Crippen molar-refractivity contribution < 1.29 is 5.11 Å². The molecule has 0 saturated carbocycles. The van der Waals surface area contributed by atoms with E-state index in [1.54, 1.807) is 6.07 Å². The molecular weight excluding hydrogens is 224 g/mol. The molecule has 1 saturated heterocycles. The SMILES string of the molecule is CCC1CN(C)CCCN1Cc1ccccc1O. The Hall–Kier alpha value is -1.06. The highest BCUT2D eigenvalue weighted by Crippen LogP contribution is 2.21. The van der Waals surface area contributed by atoms with Crippen LogP contribution in [0.5, 0.6) is 5.75 Å². The van der Waals surface area contributed by atoms with E-state index >= 15 is 0 Å². The van der Waals surface area contributed by atoms with Gasteiger partial charge in [-0.05, 0) is 32.5 Å². The molecule has 100 valence electrons. The minimum atomic E-state index is 0.421. The first-order chi connectivity index (χ1) is 8.70. The maximum absolute atomic E-state index is 9.89. The van der Waals surface area contributed by atoms with Crippen molar-refractivity contribution in [2.75, 3.05) is 26.7 Å². The van der Waals surface area contributed by atoms with Crippen molar-refractivity contribution in [3.05, 3.63) is 29.8 Å². The van der Waals surface area contributed by atoms with Gasteiger partial charge in [-0.25, -0.2) is 0 Å². The van der Waals surface area contributed by atoms with Gasteiger partial charge in [0.2, 0.25) is 0 Å². The average Bonchev–Trinajstić information content (AvgIpc) is 2.54. The summed E-state index contributed by atoms with van der Waals surface area (Å²) in [4.78, 5) is 4.93. The zero-order valence-corrected chi connectivity index (χ0v) is 11.5. The van der Waals surface area contributed by atoms with Crippen LogP contribution in [-0.4, -0.2) is 47.6 Å². The van der Waals surface area contributed by atoms with E-state index in [0.29, 0.717) is 11.8 Å². The van der Waals surface area contributed by atoms with Crippen molar-refractivity contribution in [1.29, 1.82) is 0 Å². The Bertz CT molecular complexity index is 381. The number of rotatable bonds is 3. The van der Waals surface area contributed by atoms with Crippen molar-refractivity contribution in [2.24, 2.45) is 0 Å². The zero-order chi connectivity index (χ0) is 13.0. The molecule has 1 aliphatic rings. The van der Waals surface area contributed by atoms with Gasteiger partial charge >= 0.3 is 0 Å². The van der Waals surface area contributed by atoms with E-state index in [4.69, 9.17) is 0 Å². The molecule has 2 rings (SSSR count). The average molecular weight is 248 g/mol. The molecule has 1 aromatic carbocycles. The smallest absolute Gasteiger partial charge is 0.120 e. The summed E-state index contributed by atoms with van der Waals surface area (Å²) in [5.74, 6) is 0.421. The summed E-state index contributed by atoms with van der Waals surface area (Å²) in [6.07, 6.45) is 2.37. The maximum Gasteiger partial charge on any atom is 0.120 e. The topological polar surface area (TPSA) is 26.7 Å². The fourth-order valence-electron chi connectivity index (χ4n) is 2.75. The van der Waals surface area contributed by atoms with Crippen LogP contribution in [0.25, 0.3) is 0 Å². The van der Waals surface area contributed by atoms with Crippen LogP contribution < -0.4 is 0 Å². The Labute approximate surface area is 110 Å². The normalized spacial score (nSPS) is 22.9. The van der Waals surface area contributed by atoms with Gasteiger partial charge in [0.15, 0.2) is 0 Å².